The minimum atomic E-state index is -1.30. The van der Waals surface area contributed by atoms with Crippen molar-refractivity contribution in [3.63, 3.8) is 0 Å². The molecule has 0 saturated carbocycles. The quantitative estimate of drug-likeness (QED) is 0.792. The van der Waals surface area contributed by atoms with Gasteiger partial charge in [0.1, 0.15) is 5.54 Å². The topological polar surface area (TPSA) is 63.3 Å². The second-order valence-electron chi connectivity index (χ2n) is 3.95. The molecule has 1 rings (SSSR count). The lowest BCUT2D eigenvalue weighted by atomic mass is 9.92. The van der Waals surface area contributed by atoms with Crippen molar-refractivity contribution in [1.29, 1.82) is 0 Å². The zero-order chi connectivity index (χ0) is 11.5. The standard InChI is InChI=1S/C12H17NO2/c1-3-4-9-5-7-10(8-6-9)12(2,13)11(14)15/h5-8H,3-4,13H2,1-2H3,(H,14,15). The van der Waals surface area contributed by atoms with Crippen LogP contribution in [0.15, 0.2) is 24.3 Å². The zero-order valence-corrected chi connectivity index (χ0v) is 9.16. The summed E-state index contributed by atoms with van der Waals surface area (Å²) >= 11 is 0. The monoisotopic (exact) mass is 207 g/mol. The molecule has 0 bridgehead atoms. The molecule has 0 radical (unpaired) electrons. The maximum absolute atomic E-state index is 10.9. The van der Waals surface area contributed by atoms with E-state index in [0.717, 1.165) is 12.8 Å². The number of carboxylic acid groups (broad SMARTS) is 1. The van der Waals surface area contributed by atoms with Gasteiger partial charge in [-0.25, -0.2) is 4.79 Å². The molecule has 3 heteroatoms. The molecule has 0 saturated heterocycles. The molecule has 0 fully saturated rings. The van der Waals surface area contributed by atoms with Gasteiger partial charge in [0.15, 0.2) is 0 Å². The Balaban J connectivity index is 2.93. The van der Waals surface area contributed by atoms with Gasteiger partial charge < -0.3 is 10.8 Å². The van der Waals surface area contributed by atoms with Crippen LogP contribution in [0.1, 0.15) is 31.4 Å². The minimum Gasteiger partial charge on any atom is -0.480 e. The first-order chi connectivity index (χ1) is 6.98. The molecule has 1 unspecified atom stereocenters. The van der Waals surface area contributed by atoms with E-state index in [1.165, 1.54) is 12.5 Å². The van der Waals surface area contributed by atoms with Crippen LogP contribution >= 0.6 is 0 Å². The molecule has 1 atom stereocenters. The summed E-state index contributed by atoms with van der Waals surface area (Å²) in [6.07, 6.45) is 2.09. The van der Waals surface area contributed by atoms with Gasteiger partial charge in [0, 0.05) is 0 Å². The fourth-order valence-electron chi connectivity index (χ4n) is 1.43. The molecule has 15 heavy (non-hydrogen) atoms. The third-order valence-electron chi connectivity index (χ3n) is 2.54. The van der Waals surface area contributed by atoms with Gasteiger partial charge in [0.25, 0.3) is 0 Å². The molecule has 0 heterocycles. The molecule has 0 aliphatic rings. The van der Waals surface area contributed by atoms with E-state index >= 15 is 0 Å². The summed E-state index contributed by atoms with van der Waals surface area (Å²) in [7, 11) is 0. The Kier molecular flexibility index (Phi) is 3.48. The summed E-state index contributed by atoms with van der Waals surface area (Å²) < 4.78 is 0. The number of hydrogen-bond acceptors (Lipinski definition) is 2. The Hall–Kier alpha value is -1.35. The molecule has 3 N–H and O–H groups in total. The molecule has 1 aromatic carbocycles. The fraction of sp³-hybridized carbons (Fsp3) is 0.417. The fourth-order valence-corrected chi connectivity index (χ4v) is 1.43. The van der Waals surface area contributed by atoms with Crippen LogP contribution in [0.25, 0.3) is 0 Å². The van der Waals surface area contributed by atoms with E-state index in [0.29, 0.717) is 5.56 Å². The summed E-state index contributed by atoms with van der Waals surface area (Å²) in [6, 6.07) is 7.46. The van der Waals surface area contributed by atoms with E-state index in [4.69, 9.17) is 10.8 Å². The van der Waals surface area contributed by atoms with Crippen molar-refractivity contribution in [1.82, 2.24) is 0 Å². The molecule has 1 aromatic rings. The van der Waals surface area contributed by atoms with Crippen LogP contribution in [0.2, 0.25) is 0 Å². The summed E-state index contributed by atoms with van der Waals surface area (Å²) in [5, 5.41) is 8.94. The Morgan fingerprint density at radius 3 is 2.33 bits per heavy atom. The zero-order valence-electron chi connectivity index (χ0n) is 9.16. The van der Waals surface area contributed by atoms with E-state index in [-0.39, 0.29) is 0 Å². The largest absolute Gasteiger partial charge is 0.480 e. The predicted molar refractivity (Wildman–Crippen MR) is 59.6 cm³/mol. The number of nitrogens with two attached hydrogens (primary N) is 1. The second-order valence-corrected chi connectivity index (χ2v) is 3.95. The SMILES string of the molecule is CCCc1ccc(C(C)(N)C(=O)O)cc1. The average molecular weight is 207 g/mol. The van der Waals surface area contributed by atoms with Crippen molar-refractivity contribution in [3.05, 3.63) is 35.4 Å². The normalized spacial score (nSPS) is 14.6. The minimum absolute atomic E-state index is 0.634. The van der Waals surface area contributed by atoms with Gasteiger partial charge in [-0.05, 0) is 24.5 Å². The van der Waals surface area contributed by atoms with Gasteiger partial charge in [0.05, 0.1) is 0 Å². The molecular weight excluding hydrogens is 190 g/mol. The highest BCUT2D eigenvalue weighted by atomic mass is 16.4. The number of hydrogen-bond donors (Lipinski definition) is 2. The Bertz CT molecular complexity index is 341. The van der Waals surface area contributed by atoms with Crippen molar-refractivity contribution in [2.45, 2.75) is 32.2 Å². The van der Waals surface area contributed by atoms with Gasteiger partial charge in [0.2, 0.25) is 0 Å². The van der Waals surface area contributed by atoms with Crippen LogP contribution in [-0.2, 0) is 16.8 Å². The average Bonchev–Trinajstić information content (AvgIpc) is 2.19. The lowest BCUT2D eigenvalue weighted by Gasteiger charge is -2.19. The van der Waals surface area contributed by atoms with E-state index in [1.807, 2.05) is 12.1 Å². The van der Waals surface area contributed by atoms with Gasteiger partial charge in [-0.1, -0.05) is 37.6 Å². The van der Waals surface area contributed by atoms with Crippen LogP contribution in [-0.4, -0.2) is 11.1 Å². The molecule has 0 aliphatic heterocycles. The van der Waals surface area contributed by atoms with Gasteiger partial charge in [-0.3, -0.25) is 0 Å². The smallest absolute Gasteiger partial charge is 0.328 e. The summed E-state index contributed by atoms with van der Waals surface area (Å²) in [5.74, 6) is -1.01. The second kappa shape index (κ2) is 4.45. The van der Waals surface area contributed by atoms with Crippen LogP contribution in [0.5, 0.6) is 0 Å². The van der Waals surface area contributed by atoms with Crippen LogP contribution in [0, 0.1) is 0 Å². The molecule has 0 spiro atoms. The number of aliphatic carboxylic acids is 1. The number of carboxylic acids is 1. The summed E-state index contributed by atoms with van der Waals surface area (Å²) in [5.41, 5.74) is 6.25. The molecule has 0 aliphatic carbocycles. The first-order valence-corrected chi connectivity index (χ1v) is 5.10. The number of carbonyl (C=O) groups is 1. The third kappa shape index (κ3) is 2.57. The Labute approximate surface area is 89.9 Å². The van der Waals surface area contributed by atoms with E-state index < -0.39 is 11.5 Å². The maximum Gasteiger partial charge on any atom is 0.328 e. The highest BCUT2D eigenvalue weighted by Crippen LogP contribution is 2.18. The van der Waals surface area contributed by atoms with Gasteiger partial charge >= 0.3 is 5.97 Å². The Morgan fingerprint density at radius 1 is 1.40 bits per heavy atom. The molecule has 3 nitrogen and oxygen atoms in total. The van der Waals surface area contributed by atoms with Crippen molar-refractivity contribution < 1.29 is 9.90 Å². The van der Waals surface area contributed by atoms with E-state index in [9.17, 15) is 4.79 Å². The molecule has 82 valence electrons. The number of aryl methyl sites for hydroxylation is 1. The van der Waals surface area contributed by atoms with E-state index in [2.05, 4.69) is 6.92 Å². The highest BCUT2D eigenvalue weighted by molar-refractivity contribution is 5.79. The maximum atomic E-state index is 10.9. The van der Waals surface area contributed by atoms with Crippen LogP contribution < -0.4 is 5.73 Å². The lowest BCUT2D eigenvalue weighted by molar-refractivity contribution is -0.143. The van der Waals surface area contributed by atoms with Crippen molar-refractivity contribution in [2.24, 2.45) is 5.73 Å². The van der Waals surface area contributed by atoms with E-state index in [1.54, 1.807) is 12.1 Å². The lowest BCUT2D eigenvalue weighted by Crippen LogP contribution is -2.41. The van der Waals surface area contributed by atoms with Crippen molar-refractivity contribution in [2.75, 3.05) is 0 Å². The van der Waals surface area contributed by atoms with Gasteiger partial charge in [-0.15, -0.1) is 0 Å². The third-order valence-corrected chi connectivity index (χ3v) is 2.54. The molecule has 0 aromatic heterocycles. The Morgan fingerprint density at radius 2 is 1.93 bits per heavy atom. The van der Waals surface area contributed by atoms with Crippen LogP contribution in [0.4, 0.5) is 0 Å². The predicted octanol–water partition coefficient (Wildman–Crippen LogP) is 1.90. The van der Waals surface area contributed by atoms with Crippen LogP contribution in [0.3, 0.4) is 0 Å². The summed E-state index contributed by atoms with van der Waals surface area (Å²) in [4.78, 5) is 10.9. The first-order valence-electron chi connectivity index (χ1n) is 5.10. The molecule has 0 amide bonds. The summed E-state index contributed by atoms with van der Waals surface area (Å²) in [6.45, 7) is 3.61. The van der Waals surface area contributed by atoms with Crippen molar-refractivity contribution >= 4 is 5.97 Å². The number of rotatable bonds is 4. The first kappa shape index (κ1) is 11.7. The van der Waals surface area contributed by atoms with Gasteiger partial charge in [-0.2, -0.15) is 0 Å². The van der Waals surface area contributed by atoms with Crippen molar-refractivity contribution in [3.8, 4) is 0 Å². The molecular formula is C12H17NO2. The highest BCUT2D eigenvalue weighted by Gasteiger charge is 2.29. The number of benzene rings is 1.